The molecule has 5 nitrogen and oxygen atoms in total. The number of halogens is 3. The summed E-state index contributed by atoms with van der Waals surface area (Å²) >= 11 is 18.4. The zero-order valence-corrected chi connectivity index (χ0v) is 19.5. The van der Waals surface area contributed by atoms with Gasteiger partial charge in [-0.05, 0) is 42.0 Å². The van der Waals surface area contributed by atoms with Crippen molar-refractivity contribution >= 4 is 40.5 Å². The molecule has 4 rings (SSSR count). The van der Waals surface area contributed by atoms with Gasteiger partial charge in [0.05, 0.1) is 12.8 Å². The predicted octanol–water partition coefficient (Wildman–Crippen LogP) is 6.81. The van der Waals surface area contributed by atoms with E-state index in [-0.39, 0.29) is 12.7 Å². The molecule has 0 saturated carbocycles. The molecule has 32 heavy (non-hydrogen) atoms. The lowest BCUT2D eigenvalue weighted by Crippen LogP contribution is -2.18. The molecule has 0 aromatic heterocycles. The van der Waals surface area contributed by atoms with Gasteiger partial charge >= 0.3 is 0 Å². The lowest BCUT2D eigenvalue weighted by molar-refractivity contribution is 0.0470. The molecule has 1 unspecified atom stereocenters. The van der Waals surface area contributed by atoms with Crippen LogP contribution in [-0.4, -0.2) is 25.5 Å². The maximum absolute atomic E-state index is 6.21. The van der Waals surface area contributed by atoms with Crippen LogP contribution in [0.25, 0.3) is 0 Å². The molecule has 166 valence electrons. The fraction of sp³-hybridized carbons (Fsp3) is 0.208. The topological polar surface area (TPSA) is 49.3 Å². The summed E-state index contributed by atoms with van der Waals surface area (Å²) in [6.45, 7) is 0.564. The van der Waals surface area contributed by atoms with Crippen molar-refractivity contribution in [2.24, 2.45) is 5.16 Å². The van der Waals surface area contributed by atoms with Gasteiger partial charge in [0.2, 0.25) is 0 Å². The molecule has 0 amide bonds. The highest BCUT2D eigenvalue weighted by molar-refractivity contribution is 6.36. The third-order valence-corrected chi connectivity index (χ3v) is 5.88. The zero-order chi connectivity index (χ0) is 22.5. The van der Waals surface area contributed by atoms with E-state index in [2.05, 4.69) is 5.16 Å². The standard InChI is InChI=1S/C24H20Cl3NO4/c1-29-24-12-17(9-10-23(24)31-14-19-20(26)3-2-4-21(19)27)30-13-18-11-22(28-32-18)15-5-7-16(25)8-6-15/h2-10,12,18H,11,13-14H2,1H3. The molecule has 8 heteroatoms. The van der Waals surface area contributed by atoms with Gasteiger partial charge in [-0.3, -0.25) is 0 Å². The first-order chi connectivity index (χ1) is 15.5. The molecular formula is C24H20Cl3NO4. The SMILES string of the molecule is COc1cc(OCC2CC(c3ccc(Cl)cc3)=NO2)ccc1OCc1c(Cl)cccc1Cl. The summed E-state index contributed by atoms with van der Waals surface area (Å²) in [6, 6.07) is 18.2. The Morgan fingerprint density at radius 2 is 1.69 bits per heavy atom. The van der Waals surface area contributed by atoms with E-state index in [9.17, 15) is 0 Å². The summed E-state index contributed by atoms with van der Waals surface area (Å²) < 4.78 is 17.2. The van der Waals surface area contributed by atoms with E-state index in [1.165, 1.54) is 0 Å². The molecule has 1 aliphatic heterocycles. The molecule has 1 atom stereocenters. The summed E-state index contributed by atoms with van der Waals surface area (Å²) in [6.07, 6.45) is 0.475. The molecule has 0 radical (unpaired) electrons. The van der Waals surface area contributed by atoms with Crippen molar-refractivity contribution in [1.82, 2.24) is 0 Å². The van der Waals surface area contributed by atoms with Crippen LogP contribution in [0.4, 0.5) is 0 Å². The van der Waals surface area contributed by atoms with Gasteiger partial charge in [-0.25, -0.2) is 0 Å². The molecule has 0 N–H and O–H groups in total. The van der Waals surface area contributed by atoms with Crippen molar-refractivity contribution in [3.63, 3.8) is 0 Å². The van der Waals surface area contributed by atoms with E-state index in [1.54, 1.807) is 37.4 Å². The number of benzene rings is 3. The van der Waals surface area contributed by atoms with Crippen LogP contribution in [0.15, 0.2) is 65.8 Å². The number of rotatable bonds is 8. The number of hydrogen-bond acceptors (Lipinski definition) is 5. The van der Waals surface area contributed by atoms with E-state index in [0.29, 0.717) is 50.9 Å². The Morgan fingerprint density at radius 3 is 2.41 bits per heavy atom. The monoisotopic (exact) mass is 491 g/mol. The average molecular weight is 493 g/mol. The maximum atomic E-state index is 6.21. The molecule has 3 aromatic carbocycles. The number of oxime groups is 1. The zero-order valence-electron chi connectivity index (χ0n) is 17.2. The van der Waals surface area contributed by atoms with Crippen LogP contribution in [0.1, 0.15) is 17.5 Å². The van der Waals surface area contributed by atoms with Crippen molar-refractivity contribution in [3.05, 3.63) is 86.9 Å². The molecule has 0 bridgehead atoms. The van der Waals surface area contributed by atoms with Crippen molar-refractivity contribution in [2.75, 3.05) is 13.7 Å². The first-order valence-corrected chi connectivity index (χ1v) is 11.0. The minimum atomic E-state index is -0.176. The molecule has 1 heterocycles. The van der Waals surface area contributed by atoms with Crippen molar-refractivity contribution in [2.45, 2.75) is 19.1 Å². The van der Waals surface area contributed by atoms with Gasteiger partial charge < -0.3 is 19.0 Å². The summed E-state index contributed by atoms with van der Waals surface area (Å²) in [5.74, 6) is 1.73. The van der Waals surface area contributed by atoms with E-state index in [0.717, 1.165) is 11.3 Å². The number of methoxy groups -OCH3 is 1. The van der Waals surface area contributed by atoms with Crippen LogP contribution in [0.5, 0.6) is 17.2 Å². The lowest BCUT2D eigenvalue weighted by atomic mass is 10.1. The molecule has 0 fully saturated rings. The van der Waals surface area contributed by atoms with Gasteiger partial charge in [0.1, 0.15) is 19.0 Å². The molecule has 0 saturated heterocycles. The number of hydrogen-bond donors (Lipinski definition) is 0. The second-order valence-electron chi connectivity index (χ2n) is 7.09. The van der Waals surface area contributed by atoms with Gasteiger partial charge in [-0.2, -0.15) is 0 Å². The van der Waals surface area contributed by atoms with Crippen LogP contribution in [-0.2, 0) is 11.4 Å². The van der Waals surface area contributed by atoms with Crippen molar-refractivity contribution < 1.29 is 19.0 Å². The Labute approximate surface area is 201 Å². The van der Waals surface area contributed by atoms with Crippen LogP contribution in [0.2, 0.25) is 15.1 Å². The molecule has 0 aliphatic carbocycles. The van der Waals surface area contributed by atoms with Gasteiger partial charge in [0, 0.05) is 33.1 Å². The van der Waals surface area contributed by atoms with Crippen LogP contribution in [0.3, 0.4) is 0 Å². The molecular weight excluding hydrogens is 473 g/mol. The van der Waals surface area contributed by atoms with E-state index in [4.69, 9.17) is 53.9 Å². The molecule has 1 aliphatic rings. The number of ether oxygens (including phenoxy) is 3. The third kappa shape index (κ3) is 5.41. The minimum absolute atomic E-state index is 0.176. The Balaban J connectivity index is 1.34. The number of nitrogens with zero attached hydrogens (tertiary/aromatic N) is 1. The summed E-state index contributed by atoms with van der Waals surface area (Å²) in [5.41, 5.74) is 2.57. The normalized spacial score (nSPS) is 15.1. The van der Waals surface area contributed by atoms with Gasteiger partial charge in [0.15, 0.2) is 17.6 Å². The third-order valence-electron chi connectivity index (χ3n) is 4.92. The van der Waals surface area contributed by atoms with Gasteiger partial charge in [0.25, 0.3) is 0 Å². The van der Waals surface area contributed by atoms with Gasteiger partial charge in [-0.1, -0.05) is 58.2 Å². The van der Waals surface area contributed by atoms with E-state index < -0.39 is 0 Å². The Bertz CT molecular complexity index is 1100. The summed E-state index contributed by atoms with van der Waals surface area (Å²) in [5, 5.41) is 5.95. The second kappa shape index (κ2) is 10.3. The summed E-state index contributed by atoms with van der Waals surface area (Å²) in [7, 11) is 1.57. The van der Waals surface area contributed by atoms with E-state index >= 15 is 0 Å². The lowest BCUT2D eigenvalue weighted by Gasteiger charge is -2.15. The van der Waals surface area contributed by atoms with Crippen molar-refractivity contribution in [1.29, 1.82) is 0 Å². The van der Waals surface area contributed by atoms with Crippen molar-refractivity contribution in [3.8, 4) is 17.2 Å². The van der Waals surface area contributed by atoms with E-state index in [1.807, 2.05) is 30.3 Å². The predicted molar refractivity (Wildman–Crippen MR) is 127 cm³/mol. The maximum Gasteiger partial charge on any atom is 0.167 e. The smallest absolute Gasteiger partial charge is 0.167 e. The van der Waals surface area contributed by atoms with Gasteiger partial charge in [-0.15, -0.1) is 0 Å². The first-order valence-electron chi connectivity index (χ1n) is 9.88. The fourth-order valence-electron chi connectivity index (χ4n) is 3.20. The largest absolute Gasteiger partial charge is 0.493 e. The minimum Gasteiger partial charge on any atom is -0.493 e. The highest BCUT2D eigenvalue weighted by Crippen LogP contribution is 2.34. The average Bonchev–Trinajstić information content (AvgIpc) is 3.27. The first kappa shape index (κ1) is 22.6. The Morgan fingerprint density at radius 1 is 0.938 bits per heavy atom. The molecule has 0 spiro atoms. The highest BCUT2D eigenvalue weighted by Gasteiger charge is 2.23. The van der Waals surface area contributed by atoms with Crippen LogP contribution in [0, 0.1) is 0 Å². The highest BCUT2D eigenvalue weighted by atomic mass is 35.5. The molecule has 3 aromatic rings. The summed E-state index contributed by atoms with van der Waals surface area (Å²) in [4.78, 5) is 5.51. The fourth-order valence-corrected chi connectivity index (χ4v) is 3.83. The van der Waals surface area contributed by atoms with Crippen LogP contribution < -0.4 is 14.2 Å². The second-order valence-corrected chi connectivity index (χ2v) is 8.34. The Hall–Kier alpha value is -2.60. The van der Waals surface area contributed by atoms with Crippen LogP contribution >= 0.6 is 34.8 Å². The Kier molecular flexibility index (Phi) is 7.30. The quantitative estimate of drug-likeness (QED) is 0.347.